The van der Waals surface area contributed by atoms with Gasteiger partial charge in [-0.25, -0.2) is 9.97 Å². The highest BCUT2D eigenvalue weighted by atomic mass is 16.1. The average Bonchev–Trinajstić information content (AvgIpc) is 3.22. The molecule has 0 fully saturated rings. The lowest BCUT2D eigenvalue weighted by Gasteiger charge is -2.14. The van der Waals surface area contributed by atoms with Gasteiger partial charge in [-0.3, -0.25) is 14.3 Å². The van der Waals surface area contributed by atoms with E-state index in [-0.39, 0.29) is 11.3 Å². The van der Waals surface area contributed by atoms with Crippen molar-refractivity contribution in [3.8, 4) is 11.1 Å². The molecule has 0 radical (unpaired) electrons. The molecule has 0 unspecified atom stereocenters. The lowest BCUT2D eigenvalue weighted by atomic mass is 9.92. The molecule has 0 spiro atoms. The normalized spacial score (nSPS) is 11.2. The number of carbonyl (C=O) groups excluding carboxylic acids is 2. The monoisotopic (exact) mass is 403 g/mol. The Balaban J connectivity index is 2.03. The number of amides is 2. The van der Waals surface area contributed by atoms with Gasteiger partial charge in [-0.1, -0.05) is 18.2 Å². The highest BCUT2D eigenvalue weighted by molar-refractivity contribution is 6.15. The fourth-order valence-corrected chi connectivity index (χ4v) is 3.79. The van der Waals surface area contributed by atoms with Crippen LogP contribution in [0.25, 0.3) is 22.0 Å². The largest absolute Gasteiger partial charge is 0.366 e. The zero-order chi connectivity index (χ0) is 21.6. The first-order valence-electron chi connectivity index (χ1n) is 9.32. The first kappa shape index (κ1) is 19.3. The summed E-state index contributed by atoms with van der Waals surface area (Å²) in [6.07, 6.45) is 3.57. The highest BCUT2D eigenvalue weighted by Gasteiger charge is 2.27. The van der Waals surface area contributed by atoms with E-state index < -0.39 is 11.8 Å². The second-order valence-electron chi connectivity index (χ2n) is 7.11. The predicted molar refractivity (Wildman–Crippen MR) is 112 cm³/mol. The van der Waals surface area contributed by atoms with Crippen LogP contribution in [0.4, 0.5) is 0 Å². The molecule has 9 nitrogen and oxygen atoms in total. The Bertz CT molecular complexity index is 1320. The Hall–Kier alpha value is -4.01. The molecule has 0 aliphatic carbocycles. The van der Waals surface area contributed by atoms with Gasteiger partial charge in [0.2, 0.25) is 5.91 Å². The number of hydrogen-bond acceptors (Lipinski definition) is 5. The van der Waals surface area contributed by atoms with E-state index in [2.05, 4.69) is 15.1 Å². The summed E-state index contributed by atoms with van der Waals surface area (Å²) in [5.41, 5.74) is 14.4. The van der Waals surface area contributed by atoms with E-state index in [1.165, 1.54) is 0 Å². The number of imidazole rings is 1. The van der Waals surface area contributed by atoms with Gasteiger partial charge in [-0.15, -0.1) is 0 Å². The van der Waals surface area contributed by atoms with E-state index in [0.717, 1.165) is 11.5 Å². The lowest BCUT2D eigenvalue weighted by molar-refractivity contribution is 0.0996. The molecular weight excluding hydrogens is 382 g/mol. The number of nitrogens with zero attached hydrogens (tertiary/aromatic N) is 5. The molecule has 1 aromatic carbocycles. The topological polar surface area (TPSA) is 135 Å². The van der Waals surface area contributed by atoms with Gasteiger partial charge in [0.1, 0.15) is 11.5 Å². The van der Waals surface area contributed by atoms with Gasteiger partial charge in [0.15, 0.2) is 0 Å². The van der Waals surface area contributed by atoms with E-state index in [0.29, 0.717) is 34.3 Å². The summed E-state index contributed by atoms with van der Waals surface area (Å²) in [6.45, 7) is 4.10. The van der Waals surface area contributed by atoms with Crippen molar-refractivity contribution in [3.05, 3.63) is 65.1 Å². The van der Waals surface area contributed by atoms with Crippen LogP contribution in [0.2, 0.25) is 0 Å². The Morgan fingerprint density at radius 3 is 2.43 bits per heavy atom. The maximum Gasteiger partial charge on any atom is 0.267 e. The number of benzene rings is 1. The SMILES string of the molecule is Cc1nn(Cc2nccn2C)c(C)c1-c1c(C(N)=O)nc2ccccc2c1C(N)=O. The van der Waals surface area contributed by atoms with Crippen molar-refractivity contribution in [2.24, 2.45) is 18.5 Å². The van der Waals surface area contributed by atoms with Gasteiger partial charge in [0, 0.05) is 41.6 Å². The minimum atomic E-state index is -0.742. The van der Waals surface area contributed by atoms with Crippen molar-refractivity contribution in [2.45, 2.75) is 20.4 Å². The van der Waals surface area contributed by atoms with Gasteiger partial charge in [0.25, 0.3) is 5.91 Å². The van der Waals surface area contributed by atoms with E-state index in [1.54, 1.807) is 35.1 Å². The molecule has 0 aliphatic heterocycles. The minimum absolute atomic E-state index is 0.00904. The molecule has 0 atom stereocenters. The van der Waals surface area contributed by atoms with E-state index in [1.807, 2.05) is 31.7 Å². The number of aryl methyl sites for hydroxylation is 2. The predicted octanol–water partition coefficient (Wildman–Crippen LogP) is 1.69. The van der Waals surface area contributed by atoms with E-state index >= 15 is 0 Å². The van der Waals surface area contributed by atoms with Gasteiger partial charge in [-0.2, -0.15) is 5.10 Å². The fourth-order valence-electron chi connectivity index (χ4n) is 3.79. The Morgan fingerprint density at radius 2 is 1.80 bits per heavy atom. The molecule has 0 aliphatic rings. The average molecular weight is 403 g/mol. The molecule has 152 valence electrons. The lowest BCUT2D eigenvalue weighted by Crippen LogP contribution is -2.21. The zero-order valence-electron chi connectivity index (χ0n) is 16.9. The first-order chi connectivity index (χ1) is 14.3. The van der Waals surface area contributed by atoms with E-state index in [9.17, 15) is 9.59 Å². The first-order valence-corrected chi connectivity index (χ1v) is 9.32. The summed E-state index contributed by atoms with van der Waals surface area (Å²) >= 11 is 0. The van der Waals surface area contributed by atoms with Crippen molar-refractivity contribution in [2.75, 3.05) is 0 Å². The molecule has 4 N–H and O–H groups in total. The van der Waals surface area contributed by atoms with Crippen LogP contribution in [0.5, 0.6) is 0 Å². The fraction of sp³-hybridized carbons (Fsp3) is 0.190. The molecule has 2 amide bonds. The molecular formula is C21H21N7O2. The number of rotatable bonds is 5. The summed E-state index contributed by atoms with van der Waals surface area (Å²) < 4.78 is 3.68. The second-order valence-corrected chi connectivity index (χ2v) is 7.11. The maximum atomic E-state index is 12.5. The number of para-hydroxylation sites is 1. The summed E-state index contributed by atoms with van der Waals surface area (Å²) in [5.74, 6) is -0.593. The number of hydrogen-bond donors (Lipinski definition) is 2. The molecule has 4 aromatic rings. The van der Waals surface area contributed by atoms with Crippen molar-refractivity contribution in [1.29, 1.82) is 0 Å². The van der Waals surface area contributed by atoms with Crippen LogP contribution < -0.4 is 11.5 Å². The number of primary amides is 2. The molecule has 30 heavy (non-hydrogen) atoms. The summed E-state index contributed by atoms with van der Waals surface area (Å²) in [6, 6.07) is 7.02. The number of fused-ring (bicyclic) bond motifs is 1. The third-order valence-electron chi connectivity index (χ3n) is 5.22. The number of aromatic nitrogens is 5. The Labute approximate surface area is 172 Å². The van der Waals surface area contributed by atoms with Crippen molar-refractivity contribution in [3.63, 3.8) is 0 Å². The summed E-state index contributed by atoms with van der Waals surface area (Å²) in [4.78, 5) is 33.6. The smallest absolute Gasteiger partial charge is 0.267 e. The minimum Gasteiger partial charge on any atom is -0.366 e. The van der Waals surface area contributed by atoms with Gasteiger partial charge >= 0.3 is 0 Å². The Morgan fingerprint density at radius 1 is 1.07 bits per heavy atom. The molecule has 0 bridgehead atoms. The van der Waals surface area contributed by atoms with Crippen molar-refractivity contribution >= 4 is 22.7 Å². The number of pyridine rings is 1. The quantitative estimate of drug-likeness (QED) is 0.523. The standard InChI is InChI=1S/C21H21N7O2/c1-11-16(12(2)28(26-11)10-15-24-8-9-27(15)3)18-17(20(22)29)13-6-4-5-7-14(13)25-19(18)21(23)30/h4-9H,10H2,1-3H3,(H2,22,29)(H2,23,30). The van der Waals surface area contributed by atoms with E-state index in [4.69, 9.17) is 11.5 Å². The molecule has 3 heterocycles. The Kier molecular flexibility index (Phi) is 4.57. The molecule has 0 saturated heterocycles. The molecule has 0 saturated carbocycles. The second kappa shape index (κ2) is 7.11. The van der Waals surface area contributed by atoms with Crippen LogP contribution in [0.3, 0.4) is 0 Å². The third-order valence-corrected chi connectivity index (χ3v) is 5.22. The molecule has 4 rings (SSSR count). The van der Waals surface area contributed by atoms with Crippen molar-refractivity contribution < 1.29 is 9.59 Å². The highest BCUT2D eigenvalue weighted by Crippen LogP contribution is 2.36. The molecule has 9 heteroatoms. The number of nitrogens with two attached hydrogens (primary N) is 2. The number of carbonyl (C=O) groups is 2. The summed E-state index contributed by atoms with van der Waals surface area (Å²) in [5, 5.41) is 5.17. The maximum absolute atomic E-state index is 12.5. The summed E-state index contributed by atoms with van der Waals surface area (Å²) in [7, 11) is 1.90. The van der Waals surface area contributed by atoms with Crippen molar-refractivity contribution in [1.82, 2.24) is 24.3 Å². The van der Waals surface area contributed by atoms with Gasteiger partial charge < -0.3 is 16.0 Å². The third kappa shape index (κ3) is 3.00. The van der Waals surface area contributed by atoms with Crippen LogP contribution in [0.1, 0.15) is 38.1 Å². The zero-order valence-corrected chi connectivity index (χ0v) is 16.9. The van der Waals surface area contributed by atoms with Crippen LogP contribution in [0, 0.1) is 13.8 Å². The van der Waals surface area contributed by atoms with Crippen LogP contribution in [0.15, 0.2) is 36.7 Å². The van der Waals surface area contributed by atoms with Gasteiger partial charge in [-0.05, 0) is 19.9 Å². The molecule has 3 aromatic heterocycles. The van der Waals surface area contributed by atoms with Crippen LogP contribution in [-0.2, 0) is 13.6 Å². The van der Waals surface area contributed by atoms with Gasteiger partial charge in [0.05, 0.1) is 23.3 Å². The van der Waals surface area contributed by atoms with Crippen LogP contribution in [-0.4, -0.2) is 36.1 Å². The van der Waals surface area contributed by atoms with Crippen LogP contribution >= 0.6 is 0 Å².